The van der Waals surface area contributed by atoms with Gasteiger partial charge in [-0.05, 0) is 41.6 Å². The van der Waals surface area contributed by atoms with Crippen molar-refractivity contribution in [1.29, 1.82) is 0 Å². The third-order valence-electron chi connectivity index (χ3n) is 3.10. The first-order valence-electron chi connectivity index (χ1n) is 6.90. The first-order chi connectivity index (χ1) is 11.7. The summed E-state index contributed by atoms with van der Waals surface area (Å²) in [7, 11) is 0. The summed E-state index contributed by atoms with van der Waals surface area (Å²) < 4.78 is 14.2. The normalized spacial score (nSPS) is 11.0. The second-order valence-electron chi connectivity index (χ2n) is 4.61. The second-order valence-corrected chi connectivity index (χ2v) is 5.59. The zero-order valence-corrected chi connectivity index (χ0v) is 13.2. The summed E-state index contributed by atoms with van der Waals surface area (Å²) in [4.78, 5) is 20.6. The van der Waals surface area contributed by atoms with Gasteiger partial charge in [0.15, 0.2) is 5.82 Å². The van der Waals surface area contributed by atoms with E-state index < -0.39 is 0 Å². The highest BCUT2D eigenvalue weighted by molar-refractivity contribution is 8.13. The molecule has 0 unspecified atom stereocenters. The average molecular weight is 341 g/mol. The van der Waals surface area contributed by atoms with Crippen LogP contribution in [0.5, 0.6) is 0 Å². The van der Waals surface area contributed by atoms with Crippen molar-refractivity contribution >= 4 is 29.2 Å². The Morgan fingerprint density at radius 2 is 2.04 bits per heavy atom. The van der Waals surface area contributed by atoms with Crippen molar-refractivity contribution < 1.29 is 9.18 Å². The molecule has 0 fully saturated rings. The van der Waals surface area contributed by atoms with E-state index in [1.54, 1.807) is 36.5 Å². The highest BCUT2D eigenvalue weighted by Gasteiger charge is 2.18. The van der Waals surface area contributed by atoms with Crippen molar-refractivity contribution in [3.63, 3.8) is 0 Å². The molecule has 2 aromatic heterocycles. The summed E-state index contributed by atoms with van der Waals surface area (Å²) in [5.41, 5.74) is 6.64. The van der Waals surface area contributed by atoms with E-state index in [0.29, 0.717) is 16.2 Å². The van der Waals surface area contributed by atoms with Crippen LogP contribution in [0.4, 0.5) is 15.0 Å². The molecular weight excluding hydrogens is 329 g/mol. The Balaban J connectivity index is 1.96. The van der Waals surface area contributed by atoms with Gasteiger partial charge in [-0.15, -0.1) is 0 Å². The molecule has 1 aromatic carbocycles. The number of thioether (sulfide) groups is 1. The van der Waals surface area contributed by atoms with Gasteiger partial charge in [0, 0.05) is 11.8 Å². The van der Waals surface area contributed by atoms with E-state index in [2.05, 4.69) is 15.1 Å². The van der Waals surface area contributed by atoms with Gasteiger partial charge in [-0.2, -0.15) is 9.78 Å². The molecule has 120 valence electrons. The van der Waals surface area contributed by atoms with Crippen molar-refractivity contribution in [1.82, 2.24) is 14.8 Å². The Morgan fingerprint density at radius 3 is 2.71 bits per heavy atom. The number of halogens is 1. The molecule has 2 N–H and O–H groups in total. The summed E-state index contributed by atoms with van der Waals surface area (Å²) in [5.74, 6) is -0.0747. The lowest BCUT2D eigenvalue weighted by molar-refractivity contribution is 0.260. The Hall–Kier alpha value is -3.00. The predicted molar refractivity (Wildman–Crippen MR) is 90.8 cm³/mol. The molecule has 0 spiro atoms. The van der Waals surface area contributed by atoms with Crippen LogP contribution in [-0.4, -0.2) is 26.3 Å². The number of aliphatic imine (C=N–C) groups is 1. The number of hydrogen-bond donors (Lipinski definition) is 1. The molecule has 3 aromatic rings. The number of carbonyl (C=O) groups excluding carboxylic acids is 1. The number of hydrogen-bond acceptors (Lipinski definition) is 5. The molecule has 0 aliphatic carbocycles. The number of rotatable bonds is 3. The van der Waals surface area contributed by atoms with Crippen molar-refractivity contribution in [2.24, 2.45) is 10.7 Å². The lowest BCUT2D eigenvalue weighted by Gasteiger charge is -2.04. The second kappa shape index (κ2) is 7.05. The smallest absolute Gasteiger partial charge is 0.314 e. The standard InChI is InChI=1S/C16H12FN5OS/c17-12-6-4-11(5-7-12)13-9-21-22(15(13)20-10-18)16(23)24-14-3-1-2-8-19-14/h1-10H,(H2,18,20). The molecule has 0 saturated carbocycles. The third kappa shape index (κ3) is 3.33. The van der Waals surface area contributed by atoms with Crippen LogP contribution in [0.1, 0.15) is 0 Å². The maximum atomic E-state index is 13.1. The van der Waals surface area contributed by atoms with Crippen LogP contribution in [0.3, 0.4) is 0 Å². The minimum absolute atomic E-state index is 0.275. The van der Waals surface area contributed by atoms with Gasteiger partial charge in [-0.3, -0.25) is 4.79 Å². The molecule has 0 aliphatic rings. The Labute approximate surface area is 141 Å². The Morgan fingerprint density at radius 1 is 1.25 bits per heavy atom. The van der Waals surface area contributed by atoms with Crippen molar-refractivity contribution in [2.75, 3.05) is 0 Å². The summed E-state index contributed by atoms with van der Waals surface area (Å²) in [6.45, 7) is 0. The SMILES string of the molecule is N/C=N\c1c(-c2ccc(F)cc2)cnn1C(=O)Sc1ccccn1. The van der Waals surface area contributed by atoms with Crippen LogP contribution in [-0.2, 0) is 0 Å². The topological polar surface area (TPSA) is 86.2 Å². The van der Waals surface area contributed by atoms with Crippen LogP contribution in [0.2, 0.25) is 0 Å². The van der Waals surface area contributed by atoms with Gasteiger partial charge >= 0.3 is 5.24 Å². The fourth-order valence-corrected chi connectivity index (χ4v) is 2.70. The largest absolute Gasteiger partial charge is 0.390 e. The van der Waals surface area contributed by atoms with Crippen LogP contribution < -0.4 is 5.73 Å². The van der Waals surface area contributed by atoms with Gasteiger partial charge < -0.3 is 5.73 Å². The molecule has 8 heteroatoms. The lowest BCUT2D eigenvalue weighted by Crippen LogP contribution is -2.07. The van der Waals surface area contributed by atoms with Gasteiger partial charge in [0.25, 0.3) is 0 Å². The zero-order valence-electron chi connectivity index (χ0n) is 12.3. The van der Waals surface area contributed by atoms with Crippen LogP contribution in [0.25, 0.3) is 11.1 Å². The molecule has 0 amide bonds. The highest BCUT2D eigenvalue weighted by atomic mass is 32.2. The number of aromatic nitrogens is 3. The first kappa shape index (κ1) is 15.9. The molecule has 0 radical (unpaired) electrons. The zero-order chi connectivity index (χ0) is 16.9. The molecule has 6 nitrogen and oxygen atoms in total. The summed E-state index contributed by atoms with van der Waals surface area (Å²) in [5, 5.41) is 4.26. The fraction of sp³-hybridized carbons (Fsp3) is 0. The Bertz CT molecular complexity index is 877. The highest BCUT2D eigenvalue weighted by Crippen LogP contribution is 2.32. The summed E-state index contributed by atoms with van der Waals surface area (Å²) in [6.07, 6.45) is 4.17. The minimum Gasteiger partial charge on any atom is -0.390 e. The first-order valence-corrected chi connectivity index (χ1v) is 7.72. The molecule has 3 rings (SSSR count). The average Bonchev–Trinajstić information content (AvgIpc) is 3.01. The number of pyridine rings is 1. The quantitative estimate of drug-likeness (QED) is 0.448. The van der Waals surface area contributed by atoms with E-state index in [0.717, 1.165) is 22.8 Å². The number of nitrogens with two attached hydrogens (primary N) is 1. The lowest BCUT2D eigenvalue weighted by atomic mass is 10.1. The molecule has 0 saturated heterocycles. The molecule has 0 aliphatic heterocycles. The van der Waals surface area contributed by atoms with E-state index in [9.17, 15) is 9.18 Å². The van der Waals surface area contributed by atoms with Gasteiger partial charge in [0.1, 0.15) is 10.8 Å². The molecule has 0 bridgehead atoms. The maximum absolute atomic E-state index is 13.1. The van der Waals surface area contributed by atoms with Gasteiger partial charge in [-0.1, -0.05) is 18.2 Å². The van der Waals surface area contributed by atoms with E-state index in [1.807, 2.05) is 0 Å². The molecule has 0 atom stereocenters. The van der Waals surface area contributed by atoms with Crippen LogP contribution in [0, 0.1) is 5.82 Å². The van der Waals surface area contributed by atoms with E-state index in [1.165, 1.54) is 18.3 Å². The van der Waals surface area contributed by atoms with Gasteiger partial charge in [-0.25, -0.2) is 14.4 Å². The van der Waals surface area contributed by atoms with Crippen LogP contribution in [0.15, 0.2) is 64.9 Å². The predicted octanol–water partition coefficient (Wildman–Crippen LogP) is 3.46. The number of carbonyl (C=O) groups is 1. The van der Waals surface area contributed by atoms with Crippen molar-refractivity contribution in [2.45, 2.75) is 5.03 Å². The monoisotopic (exact) mass is 341 g/mol. The molecular formula is C16H12FN5OS. The van der Waals surface area contributed by atoms with Crippen molar-refractivity contribution in [3.8, 4) is 11.1 Å². The van der Waals surface area contributed by atoms with Gasteiger partial charge in [0.05, 0.1) is 12.5 Å². The minimum atomic E-state index is -0.373. The van der Waals surface area contributed by atoms with Crippen LogP contribution >= 0.6 is 11.8 Å². The Kier molecular flexibility index (Phi) is 4.66. The van der Waals surface area contributed by atoms with E-state index in [4.69, 9.17) is 5.73 Å². The summed E-state index contributed by atoms with van der Waals surface area (Å²) in [6, 6.07) is 11.1. The number of nitrogens with zero attached hydrogens (tertiary/aromatic N) is 4. The number of benzene rings is 1. The molecule has 24 heavy (non-hydrogen) atoms. The van der Waals surface area contributed by atoms with E-state index >= 15 is 0 Å². The maximum Gasteiger partial charge on any atom is 0.314 e. The fourth-order valence-electron chi connectivity index (χ4n) is 2.04. The van der Waals surface area contributed by atoms with E-state index in [-0.39, 0.29) is 16.9 Å². The summed E-state index contributed by atoms with van der Waals surface area (Å²) >= 11 is 0.923. The van der Waals surface area contributed by atoms with Gasteiger partial charge in [0.2, 0.25) is 0 Å². The third-order valence-corrected chi connectivity index (χ3v) is 3.90. The van der Waals surface area contributed by atoms with Crippen molar-refractivity contribution in [3.05, 3.63) is 60.7 Å². The molecule has 2 heterocycles.